The van der Waals surface area contributed by atoms with E-state index < -0.39 is 0 Å². The van der Waals surface area contributed by atoms with E-state index in [4.69, 9.17) is 0 Å². The molecule has 1 aliphatic carbocycles. The van der Waals surface area contributed by atoms with Crippen molar-refractivity contribution >= 4 is 17.7 Å². The van der Waals surface area contributed by atoms with E-state index in [0.29, 0.717) is 5.75 Å². The van der Waals surface area contributed by atoms with Crippen LogP contribution in [0.3, 0.4) is 0 Å². The number of nitrogens with one attached hydrogen (secondary N) is 1. The van der Waals surface area contributed by atoms with Crippen molar-refractivity contribution in [2.75, 3.05) is 12.3 Å². The molecule has 0 spiro atoms. The van der Waals surface area contributed by atoms with Crippen molar-refractivity contribution in [2.45, 2.75) is 43.9 Å². The number of carbonyl (C=O) groups is 1. The Balaban J connectivity index is 1.64. The number of allylic oxidation sites excluding steroid dienone is 1. The summed E-state index contributed by atoms with van der Waals surface area (Å²) >= 11 is 1.60. The Labute approximate surface area is 126 Å². The van der Waals surface area contributed by atoms with Gasteiger partial charge in [-0.05, 0) is 51.2 Å². The topological polar surface area (TPSA) is 29.1 Å². The number of aryl methyl sites for hydroxylation is 1. The maximum atomic E-state index is 11.8. The van der Waals surface area contributed by atoms with Gasteiger partial charge in [-0.25, -0.2) is 0 Å². The van der Waals surface area contributed by atoms with Gasteiger partial charge < -0.3 is 5.32 Å². The lowest BCUT2D eigenvalue weighted by Crippen LogP contribution is -2.26. The highest BCUT2D eigenvalue weighted by Gasteiger charge is 2.05. The van der Waals surface area contributed by atoms with Crippen molar-refractivity contribution < 1.29 is 4.79 Å². The summed E-state index contributed by atoms with van der Waals surface area (Å²) in [7, 11) is 0. The van der Waals surface area contributed by atoms with Gasteiger partial charge in [0.05, 0.1) is 5.75 Å². The molecular formula is C17H23NOS. The minimum atomic E-state index is 0.132. The molecule has 20 heavy (non-hydrogen) atoms. The summed E-state index contributed by atoms with van der Waals surface area (Å²) in [6, 6.07) is 8.27. The first-order chi connectivity index (χ1) is 9.74. The molecule has 1 N–H and O–H groups in total. The summed E-state index contributed by atoms with van der Waals surface area (Å²) in [5.41, 5.74) is 2.75. The monoisotopic (exact) mass is 289 g/mol. The van der Waals surface area contributed by atoms with Crippen molar-refractivity contribution in [1.82, 2.24) is 5.32 Å². The summed E-state index contributed by atoms with van der Waals surface area (Å²) in [4.78, 5) is 13.0. The molecule has 1 aromatic rings. The van der Waals surface area contributed by atoms with Gasteiger partial charge in [0, 0.05) is 11.4 Å². The minimum Gasteiger partial charge on any atom is -0.355 e. The molecule has 3 heteroatoms. The van der Waals surface area contributed by atoms with Crippen LogP contribution in [0.1, 0.15) is 37.7 Å². The fraction of sp³-hybridized carbons (Fsp3) is 0.471. The van der Waals surface area contributed by atoms with Gasteiger partial charge in [0.2, 0.25) is 5.91 Å². The average molecular weight is 289 g/mol. The number of amides is 1. The van der Waals surface area contributed by atoms with Gasteiger partial charge in [-0.1, -0.05) is 29.3 Å². The van der Waals surface area contributed by atoms with Crippen LogP contribution in [0.15, 0.2) is 40.8 Å². The highest BCUT2D eigenvalue weighted by molar-refractivity contribution is 8.00. The van der Waals surface area contributed by atoms with Gasteiger partial charge in [0.15, 0.2) is 0 Å². The summed E-state index contributed by atoms with van der Waals surface area (Å²) in [5, 5.41) is 3.01. The third kappa shape index (κ3) is 5.41. The zero-order chi connectivity index (χ0) is 14.2. The number of hydrogen-bond donors (Lipinski definition) is 1. The summed E-state index contributed by atoms with van der Waals surface area (Å²) in [6.45, 7) is 2.85. The first-order valence-corrected chi connectivity index (χ1v) is 8.37. The second kappa shape index (κ2) is 8.15. The second-order valence-corrected chi connectivity index (χ2v) is 6.36. The van der Waals surface area contributed by atoms with Crippen LogP contribution in [0.2, 0.25) is 0 Å². The van der Waals surface area contributed by atoms with Crippen LogP contribution >= 0.6 is 11.8 Å². The van der Waals surface area contributed by atoms with Gasteiger partial charge in [-0.2, -0.15) is 0 Å². The molecule has 0 unspecified atom stereocenters. The SMILES string of the molecule is Cc1cccc(SCC(=O)NCCC2=CCCCC2)c1. The van der Waals surface area contributed by atoms with Crippen LogP contribution in [0.25, 0.3) is 0 Å². The molecule has 0 saturated heterocycles. The molecular weight excluding hydrogens is 266 g/mol. The Morgan fingerprint density at radius 2 is 2.25 bits per heavy atom. The Kier molecular flexibility index (Phi) is 6.19. The third-order valence-electron chi connectivity index (χ3n) is 3.51. The quantitative estimate of drug-likeness (QED) is 0.631. The lowest BCUT2D eigenvalue weighted by molar-refractivity contribution is -0.118. The fourth-order valence-electron chi connectivity index (χ4n) is 2.40. The van der Waals surface area contributed by atoms with Crippen LogP contribution in [0, 0.1) is 6.92 Å². The smallest absolute Gasteiger partial charge is 0.230 e. The third-order valence-corrected chi connectivity index (χ3v) is 4.51. The van der Waals surface area contributed by atoms with E-state index in [0.717, 1.165) is 17.9 Å². The largest absolute Gasteiger partial charge is 0.355 e. The van der Waals surface area contributed by atoms with E-state index in [-0.39, 0.29) is 5.91 Å². The molecule has 0 fully saturated rings. The Morgan fingerprint density at radius 1 is 1.35 bits per heavy atom. The molecule has 108 valence electrons. The predicted molar refractivity (Wildman–Crippen MR) is 86.1 cm³/mol. The minimum absolute atomic E-state index is 0.132. The van der Waals surface area contributed by atoms with Crippen LogP contribution in [0.5, 0.6) is 0 Å². The maximum Gasteiger partial charge on any atom is 0.230 e. The van der Waals surface area contributed by atoms with Crippen molar-refractivity contribution in [3.8, 4) is 0 Å². The number of hydrogen-bond acceptors (Lipinski definition) is 2. The van der Waals surface area contributed by atoms with Gasteiger partial charge in [-0.15, -0.1) is 11.8 Å². The summed E-state index contributed by atoms with van der Waals surface area (Å²) in [5.74, 6) is 0.635. The Bertz CT molecular complexity index is 482. The van der Waals surface area contributed by atoms with Crippen molar-refractivity contribution in [3.63, 3.8) is 0 Å². The zero-order valence-electron chi connectivity index (χ0n) is 12.2. The van der Waals surface area contributed by atoms with Crippen LogP contribution < -0.4 is 5.32 Å². The first kappa shape index (κ1) is 15.2. The predicted octanol–water partition coefficient (Wildman–Crippen LogP) is 4.09. The molecule has 1 aromatic carbocycles. The van der Waals surface area contributed by atoms with Crippen LogP contribution in [-0.4, -0.2) is 18.2 Å². The first-order valence-electron chi connectivity index (χ1n) is 7.38. The highest BCUT2D eigenvalue weighted by Crippen LogP contribution is 2.20. The Hall–Kier alpha value is -1.22. The van der Waals surface area contributed by atoms with Crippen molar-refractivity contribution in [1.29, 1.82) is 0 Å². The molecule has 2 nitrogen and oxygen atoms in total. The standard InChI is InChI=1S/C17H23NOS/c1-14-6-5-9-16(12-14)20-13-17(19)18-11-10-15-7-3-2-4-8-15/h5-7,9,12H,2-4,8,10-11,13H2,1H3,(H,18,19). The maximum absolute atomic E-state index is 11.8. The fourth-order valence-corrected chi connectivity index (χ4v) is 3.24. The van der Waals surface area contributed by atoms with E-state index in [1.807, 2.05) is 6.07 Å². The van der Waals surface area contributed by atoms with E-state index >= 15 is 0 Å². The van der Waals surface area contributed by atoms with Crippen LogP contribution in [0.4, 0.5) is 0 Å². The average Bonchev–Trinajstić information content (AvgIpc) is 2.46. The molecule has 0 aromatic heterocycles. The van der Waals surface area contributed by atoms with Gasteiger partial charge in [0.25, 0.3) is 0 Å². The lowest BCUT2D eigenvalue weighted by atomic mass is 9.97. The van der Waals surface area contributed by atoms with E-state index in [1.165, 1.54) is 36.8 Å². The van der Waals surface area contributed by atoms with E-state index in [9.17, 15) is 4.79 Å². The molecule has 0 atom stereocenters. The number of carbonyl (C=O) groups excluding carboxylic acids is 1. The second-order valence-electron chi connectivity index (χ2n) is 5.31. The molecule has 2 rings (SSSR count). The lowest BCUT2D eigenvalue weighted by Gasteiger charge is -2.12. The van der Waals surface area contributed by atoms with Gasteiger partial charge in [-0.3, -0.25) is 4.79 Å². The number of rotatable bonds is 6. The zero-order valence-corrected chi connectivity index (χ0v) is 13.0. The van der Waals surface area contributed by atoms with E-state index in [2.05, 4.69) is 36.5 Å². The molecule has 0 radical (unpaired) electrons. The van der Waals surface area contributed by atoms with Gasteiger partial charge in [0.1, 0.15) is 0 Å². The van der Waals surface area contributed by atoms with Crippen molar-refractivity contribution in [3.05, 3.63) is 41.5 Å². The molecule has 0 saturated carbocycles. The van der Waals surface area contributed by atoms with Crippen molar-refractivity contribution in [2.24, 2.45) is 0 Å². The van der Waals surface area contributed by atoms with E-state index in [1.54, 1.807) is 11.8 Å². The molecule has 0 aliphatic heterocycles. The number of benzene rings is 1. The van der Waals surface area contributed by atoms with Crippen LogP contribution in [-0.2, 0) is 4.79 Å². The molecule has 0 heterocycles. The normalized spacial score (nSPS) is 14.8. The molecule has 0 bridgehead atoms. The highest BCUT2D eigenvalue weighted by atomic mass is 32.2. The number of thioether (sulfide) groups is 1. The summed E-state index contributed by atoms with van der Waals surface area (Å²) < 4.78 is 0. The Morgan fingerprint density at radius 3 is 3.00 bits per heavy atom. The molecule has 1 amide bonds. The van der Waals surface area contributed by atoms with Gasteiger partial charge >= 0.3 is 0 Å². The molecule has 1 aliphatic rings. The summed E-state index contributed by atoms with van der Waals surface area (Å²) in [6.07, 6.45) is 8.42.